The molecule has 1 fully saturated rings. The van der Waals surface area contributed by atoms with Gasteiger partial charge in [0.2, 0.25) is 0 Å². The summed E-state index contributed by atoms with van der Waals surface area (Å²) in [5.74, 6) is 0. The van der Waals surface area contributed by atoms with E-state index in [2.05, 4.69) is 0 Å². The Labute approximate surface area is 122 Å². The predicted octanol–water partition coefficient (Wildman–Crippen LogP) is 4.24. The number of hydrogen-bond acceptors (Lipinski definition) is 1. The van der Waals surface area contributed by atoms with Gasteiger partial charge in [-0.05, 0) is 17.5 Å². The molecule has 0 saturated heterocycles. The molecule has 3 rings (SSSR count). The number of halogens is 2. The highest BCUT2D eigenvalue weighted by Gasteiger charge is 2.42. The van der Waals surface area contributed by atoms with E-state index < -0.39 is 6.17 Å². The second-order valence-electron chi connectivity index (χ2n) is 6.48. The first-order valence-electron chi connectivity index (χ1n) is 6.79. The Hall–Kier alpha value is -1.35. The van der Waals surface area contributed by atoms with Crippen LogP contribution in [0.25, 0.3) is 10.8 Å². The van der Waals surface area contributed by atoms with Gasteiger partial charge in [0.05, 0.1) is 16.5 Å². The summed E-state index contributed by atoms with van der Waals surface area (Å²) >= 11 is 6.16. The topological polar surface area (TPSA) is 22.0 Å². The molecule has 1 aliphatic rings. The number of nitrogens with zero attached hydrogens (tertiary/aromatic N) is 1. The van der Waals surface area contributed by atoms with Gasteiger partial charge in [-0.25, -0.2) is 4.39 Å². The Kier molecular flexibility index (Phi) is 2.94. The third kappa shape index (κ3) is 2.05. The highest BCUT2D eigenvalue weighted by atomic mass is 35.5. The highest BCUT2D eigenvalue weighted by Crippen LogP contribution is 2.41. The van der Waals surface area contributed by atoms with Crippen LogP contribution in [0, 0.1) is 0 Å². The minimum Gasteiger partial charge on any atom is -0.305 e. The molecule has 4 heteroatoms. The van der Waals surface area contributed by atoms with Gasteiger partial charge in [-0.3, -0.25) is 4.79 Å². The number of aromatic nitrogens is 1. The largest absolute Gasteiger partial charge is 0.305 e. The number of hydrogen-bond donors (Lipinski definition) is 0. The average molecular weight is 294 g/mol. The molecule has 0 unspecified atom stereocenters. The number of fused-ring (bicyclic) bond motifs is 1. The van der Waals surface area contributed by atoms with Crippen molar-refractivity contribution in [3.63, 3.8) is 0 Å². The van der Waals surface area contributed by atoms with Crippen molar-refractivity contribution in [3.05, 3.63) is 45.3 Å². The molecule has 1 aliphatic carbocycles. The van der Waals surface area contributed by atoms with Crippen LogP contribution in [0.4, 0.5) is 4.39 Å². The van der Waals surface area contributed by atoms with Gasteiger partial charge >= 0.3 is 0 Å². The van der Waals surface area contributed by atoms with E-state index in [1.165, 1.54) is 0 Å². The molecule has 0 bridgehead atoms. The van der Waals surface area contributed by atoms with E-state index in [-0.39, 0.29) is 17.0 Å². The fourth-order valence-corrected chi connectivity index (χ4v) is 2.92. The van der Waals surface area contributed by atoms with Crippen molar-refractivity contribution in [1.82, 2.24) is 4.57 Å². The van der Waals surface area contributed by atoms with Crippen LogP contribution in [0.1, 0.15) is 38.9 Å². The first kappa shape index (κ1) is 13.6. The zero-order valence-electron chi connectivity index (χ0n) is 11.8. The van der Waals surface area contributed by atoms with Crippen LogP contribution in [0.2, 0.25) is 5.02 Å². The molecule has 1 aromatic carbocycles. The molecule has 1 saturated carbocycles. The molecule has 1 heterocycles. The van der Waals surface area contributed by atoms with Crippen LogP contribution in [0.15, 0.2) is 29.1 Å². The standard InChI is InChI=1S/C16H17ClFNO/c1-16(2,3)13-7-9-5-4-6-10(17)14(9)15(20)19(13)12-8-11(12)18/h4-7,11-12H,8H2,1-3H3/t11-,12+/m0/s1. The smallest absolute Gasteiger partial charge is 0.260 e. The van der Waals surface area contributed by atoms with Crippen molar-refractivity contribution in [2.24, 2.45) is 0 Å². The van der Waals surface area contributed by atoms with Gasteiger partial charge in [0, 0.05) is 17.5 Å². The van der Waals surface area contributed by atoms with Crippen molar-refractivity contribution in [1.29, 1.82) is 0 Å². The van der Waals surface area contributed by atoms with E-state index in [4.69, 9.17) is 11.6 Å². The molecule has 2 aromatic rings. The summed E-state index contributed by atoms with van der Waals surface area (Å²) in [5.41, 5.74) is 0.462. The third-order valence-corrected chi connectivity index (χ3v) is 4.13. The molecule has 0 radical (unpaired) electrons. The van der Waals surface area contributed by atoms with E-state index >= 15 is 0 Å². The lowest BCUT2D eigenvalue weighted by atomic mass is 9.90. The van der Waals surface area contributed by atoms with Crippen LogP contribution in [-0.2, 0) is 5.41 Å². The molecular weight excluding hydrogens is 277 g/mol. The Morgan fingerprint density at radius 3 is 2.55 bits per heavy atom. The third-order valence-electron chi connectivity index (χ3n) is 3.81. The van der Waals surface area contributed by atoms with Crippen LogP contribution in [0.3, 0.4) is 0 Å². The zero-order valence-corrected chi connectivity index (χ0v) is 12.5. The molecule has 0 spiro atoms. The lowest BCUT2D eigenvalue weighted by Crippen LogP contribution is -2.30. The fraction of sp³-hybridized carbons (Fsp3) is 0.438. The minimum absolute atomic E-state index is 0.178. The van der Waals surface area contributed by atoms with E-state index in [1.54, 1.807) is 10.6 Å². The number of pyridine rings is 1. The summed E-state index contributed by atoms with van der Waals surface area (Å²) in [6.45, 7) is 6.10. The quantitative estimate of drug-likeness (QED) is 0.771. The Morgan fingerprint density at radius 2 is 2.00 bits per heavy atom. The lowest BCUT2D eigenvalue weighted by Gasteiger charge is -2.25. The van der Waals surface area contributed by atoms with Crippen LogP contribution in [0.5, 0.6) is 0 Å². The maximum atomic E-state index is 13.5. The van der Waals surface area contributed by atoms with Gasteiger partial charge < -0.3 is 4.57 Å². The Balaban J connectivity index is 2.41. The molecule has 1 aromatic heterocycles. The van der Waals surface area contributed by atoms with Crippen molar-refractivity contribution in [3.8, 4) is 0 Å². The average Bonchev–Trinajstić information content (AvgIpc) is 3.04. The monoisotopic (exact) mass is 293 g/mol. The van der Waals surface area contributed by atoms with E-state index in [1.807, 2.05) is 39.0 Å². The van der Waals surface area contributed by atoms with E-state index in [0.29, 0.717) is 16.8 Å². The number of alkyl halides is 1. The summed E-state index contributed by atoms with van der Waals surface area (Å²) in [5, 5.41) is 1.73. The Morgan fingerprint density at radius 1 is 1.35 bits per heavy atom. The van der Waals surface area contributed by atoms with Gasteiger partial charge in [0.15, 0.2) is 0 Å². The summed E-state index contributed by atoms with van der Waals surface area (Å²) in [6, 6.07) is 7.04. The normalized spacial score (nSPS) is 22.2. The Bertz CT molecular complexity index is 744. The van der Waals surface area contributed by atoms with Crippen molar-refractivity contribution >= 4 is 22.4 Å². The summed E-state index contributed by atoms with van der Waals surface area (Å²) in [6.07, 6.45) is -0.507. The minimum atomic E-state index is -0.922. The molecule has 0 amide bonds. The van der Waals surface area contributed by atoms with Gasteiger partial charge in [-0.2, -0.15) is 0 Å². The van der Waals surface area contributed by atoms with E-state index in [9.17, 15) is 9.18 Å². The molecule has 0 N–H and O–H groups in total. The van der Waals surface area contributed by atoms with Gasteiger partial charge in [-0.1, -0.05) is 44.5 Å². The second kappa shape index (κ2) is 4.32. The van der Waals surface area contributed by atoms with E-state index in [0.717, 1.165) is 11.1 Å². The van der Waals surface area contributed by atoms with Gasteiger partial charge in [0.25, 0.3) is 5.56 Å². The zero-order chi connectivity index (χ0) is 14.7. The molecular formula is C16H17ClFNO. The van der Waals surface area contributed by atoms with Crippen molar-refractivity contribution in [2.45, 2.75) is 44.8 Å². The number of rotatable bonds is 1. The molecule has 0 aliphatic heterocycles. The second-order valence-corrected chi connectivity index (χ2v) is 6.89. The maximum Gasteiger partial charge on any atom is 0.260 e. The lowest BCUT2D eigenvalue weighted by molar-refractivity contribution is 0.421. The first-order valence-corrected chi connectivity index (χ1v) is 7.17. The van der Waals surface area contributed by atoms with Gasteiger partial charge in [0.1, 0.15) is 6.17 Å². The number of benzene rings is 1. The molecule has 2 atom stereocenters. The summed E-state index contributed by atoms with van der Waals surface area (Å²) in [4.78, 5) is 12.8. The molecule has 106 valence electrons. The molecule has 20 heavy (non-hydrogen) atoms. The first-order chi connectivity index (χ1) is 9.30. The van der Waals surface area contributed by atoms with Crippen LogP contribution < -0.4 is 5.56 Å². The maximum absolute atomic E-state index is 13.5. The van der Waals surface area contributed by atoms with Crippen LogP contribution in [-0.4, -0.2) is 10.7 Å². The fourth-order valence-electron chi connectivity index (χ4n) is 2.66. The van der Waals surface area contributed by atoms with Crippen molar-refractivity contribution < 1.29 is 4.39 Å². The summed E-state index contributed by atoms with van der Waals surface area (Å²) < 4.78 is 15.1. The highest BCUT2D eigenvalue weighted by molar-refractivity contribution is 6.35. The van der Waals surface area contributed by atoms with Gasteiger partial charge in [-0.15, -0.1) is 0 Å². The molecule has 2 nitrogen and oxygen atoms in total. The predicted molar refractivity (Wildman–Crippen MR) is 80.5 cm³/mol. The van der Waals surface area contributed by atoms with Crippen LogP contribution >= 0.6 is 11.6 Å². The van der Waals surface area contributed by atoms with Crippen molar-refractivity contribution in [2.75, 3.05) is 0 Å². The summed E-state index contributed by atoms with van der Waals surface area (Å²) in [7, 11) is 0. The SMILES string of the molecule is CC(C)(C)c1cc2cccc(Cl)c2c(=O)n1[C@@H]1C[C@@H]1F.